The van der Waals surface area contributed by atoms with Gasteiger partial charge >= 0.3 is 11.7 Å². The summed E-state index contributed by atoms with van der Waals surface area (Å²) in [6, 6.07) is 13.4. The number of aryl methyl sites for hydroxylation is 1. The molecule has 4 aromatic rings. The van der Waals surface area contributed by atoms with E-state index in [9.17, 15) is 14.7 Å². The number of carboxylic acids is 1. The van der Waals surface area contributed by atoms with E-state index >= 15 is 0 Å². The van der Waals surface area contributed by atoms with Crippen molar-refractivity contribution in [2.45, 2.75) is 45.7 Å². The highest BCUT2D eigenvalue weighted by Crippen LogP contribution is 2.26. The van der Waals surface area contributed by atoms with Gasteiger partial charge in [0.1, 0.15) is 0 Å². The van der Waals surface area contributed by atoms with Gasteiger partial charge in [0.25, 0.3) is 0 Å². The number of nitrogens with zero attached hydrogens (tertiary/aromatic N) is 2. The molecule has 2 heterocycles. The first-order valence-corrected chi connectivity index (χ1v) is 9.98. The van der Waals surface area contributed by atoms with Crippen molar-refractivity contribution in [3.63, 3.8) is 0 Å². The Hall–Kier alpha value is -3.28. The molecule has 150 valence electrons. The second-order valence-corrected chi connectivity index (χ2v) is 7.58. The Morgan fingerprint density at radius 2 is 1.90 bits per heavy atom. The van der Waals surface area contributed by atoms with E-state index in [-0.39, 0.29) is 18.2 Å². The summed E-state index contributed by atoms with van der Waals surface area (Å²) in [5.74, 6) is -0.889. The molecule has 0 saturated heterocycles. The van der Waals surface area contributed by atoms with Gasteiger partial charge in [-0.1, -0.05) is 37.6 Å². The summed E-state index contributed by atoms with van der Waals surface area (Å²) in [7, 11) is 0. The predicted molar refractivity (Wildman–Crippen MR) is 115 cm³/mol. The molecule has 0 radical (unpaired) electrons. The first-order valence-electron chi connectivity index (χ1n) is 9.98. The number of aromatic amines is 1. The molecular weight excluding hydrogens is 366 g/mol. The molecule has 29 heavy (non-hydrogen) atoms. The zero-order valence-electron chi connectivity index (χ0n) is 16.7. The number of fused-ring (bicyclic) bond motifs is 2. The van der Waals surface area contributed by atoms with Gasteiger partial charge in [0, 0.05) is 23.1 Å². The van der Waals surface area contributed by atoms with Gasteiger partial charge < -0.3 is 10.1 Å². The topological polar surface area (TPSA) is 80.0 Å². The van der Waals surface area contributed by atoms with Crippen LogP contribution in [0.1, 0.15) is 43.4 Å². The summed E-state index contributed by atoms with van der Waals surface area (Å²) in [5.41, 5.74) is 4.71. The van der Waals surface area contributed by atoms with Crippen LogP contribution in [0.2, 0.25) is 0 Å². The summed E-state index contributed by atoms with van der Waals surface area (Å²) >= 11 is 0. The third-order valence-corrected chi connectivity index (χ3v) is 5.59. The number of carbonyl (C=O) groups is 1. The number of para-hydroxylation sites is 2. The normalized spacial score (nSPS) is 12.6. The van der Waals surface area contributed by atoms with Crippen LogP contribution in [-0.2, 0) is 11.3 Å². The molecule has 0 aliphatic carbocycles. The number of imidazole rings is 1. The number of hydrogen-bond donors (Lipinski definition) is 2. The molecule has 6 nitrogen and oxygen atoms in total. The predicted octanol–water partition coefficient (Wildman–Crippen LogP) is 4.46. The smallest absolute Gasteiger partial charge is 0.329 e. The summed E-state index contributed by atoms with van der Waals surface area (Å²) in [4.78, 5) is 28.2. The Labute approximate surface area is 168 Å². The third kappa shape index (κ3) is 3.35. The number of carboxylic acid groups (broad SMARTS) is 1. The van der Waals surface area contributed by atoms with Crippen LogP contribution in [0.25, 0.3) is 21.9 Å². The maximum absolute atomic E-state index is 13.5. The molecule has 0 bridgehead atoms. The summed E-state index contributed by atoms with van der Waals surface area (Å²) in [6.07, 6.45) is 3.35. The third-order valence-electron chi connectivity index (χ3n) is 5.59. The van der Waals surface area contributed by atoms with E-state index in [1.807, 2.05) is 49.5 Å². The lowest BCUT2D eigenvalue weighted by Crippen LogP contribution is -2.29. The molecule has 4 rings (SSSR count). The molecule has 0 amide bonds. The lowest BCUT2D eigenvalue weighted by molar-refractivity contribution is -0.137. The second-order valence-electron chi connectivity index (χ2n) is 7.58. The van der Waals surface area contributed by atoms with Crippen LogP contribution in [0, 0.1) is 6.92 Å². The van der Waals surface area contributed by atoms with Crippen molar-refractivity contribution >= 4 is 27.9 Å². The Kier molecular flexibility index (Phi) is 5.01. The number of nitrogens with one attached hydrogen (secondary N) is 1. The molecule has 0 saturated carbocycles. The second kappa shape index (κ2) is 7.62. The van der Waals surface area contributed by atoms with Crippen molar-refractivity contribution in [2.75, 3.05) is 0 Å². The highest BCUT2D eigenvalue weighted by atomic mass is 16.4. The van der Waals surface area contributed by atoms with Crippen LogP contribution < -0.4 is 5.69 Å². The summed E-state index contributed by atoms with van der Waals surface area (Å²) in [5, 5.41) is 10.5. The van der Waals surface area contributed by atoms with Crippen molar-refractivity contribution in [3.8, 4) is 0 Å². The lowest BCUT2D eigenvalue weighted by atomic mass is 10.1. The Morgan fingerprint density at radius 3 is 2.62 bits per heavy atom. The van der Waals surface area contributed by atoms with Crippen molar-refractivity contribution < 1.29 is 9.90 Å². The molecule has 6 heteroatoms. The number of benzene rings is 2. The zero-order chi connectivity index (χ0) is 20.5. The van der Waals surface area contributed by atoms with Crippen LogP contribution in [0.15, 0.2) is 53.5 Å². The number of rotatable bonds is 7. The quantitative estimate of drug-likeness (QED) is 0.488. The molecule has 0 aliphatic rings. The molecular formula is C23H25N3O3. The molecule has 1 unspecified atom stereocenters. The Balaban J connectivity index is 1.88. The largest absolute Gasteiger partial charge is 0.481 e. The molecule has 2 aromatic carbocycles. The molecule has 0 aliphatic heterocycles. The maximum Gasteiger partial charge on any atom is 0.329 e. The lowest BCUT2D eigenvalue weighted by Gasteiger charge is -2.16. The fourth-order valence-corrected chi connectivity index (χ4v) is 4.34. The minimum absolute atomic E-state index is 0.0616. The monoisotopic (exact) mass is 391 g/mol. The van der Waals surface area contributed by atoms with Gasteiger partial charge in [0.15, 0.2) is 0 Å². The first-order chi connectivity index (χ1) is 14.0. The highest BCUT2D eigenvalue weighted by molar-refractivity contribution is 5.86. The fraction of sp³-hybridized carbons (Fsp3) is 0.304. The van der Waals surface area contributed by atoms with E-state index in [1.165, 1.54) is 0 Å². The molecule has 1 atom stereocenters. The number of hydrogen-bond acceptors (Lipinski definition) is 2. The zero-order valence-corrected chi connectivity index (χ0v) is 16.7. The molecule has 0 spiro atoms. The first kappa shape index (κ1) is 19.1. The minimum atomic E-state index is -0.889. The standard InChI is InChI=1S/C23H25N3O3/c1-3-7-17(12-21(27)28)26-20-11-5-4-10-19(20)25(23(26)29)14-16-13-24-18-9-6-8-15(2)22(16)18/h4-6,8-11,13,17,24H,3,7,12,14H2,1-2H3,(H,27,28). The average molecular weight is 391 g/mol. The van der Waals surface area contributed by atoms with Crippen LogP contribution in [0.3, 0.4) is 0 Å². The summed E-state index contributed by atoms with van der Waals surface area (Å²) in [6.45, 7) is 4.51. The van der Waals surface area contributed by atoms with Gasteiger partial charge in [-0.15, -0.1) is 0 Å². The van der Waals surface area contributed by atoms with Crippen molar-refractivity contribution in [3.05, 3.63) is 70.3 Å². The Morgan fingerprint density at radius 1 is 1.14 bits per heavy atom. The van der Waals surface area contributed by atoms with E-state index < -0.39 is 5.97 Å². The van der Waals surface area contributed by atoms with Gasteiger partial charge in [-0.3, -0.25) is 13.9 Å². The van der Waals surface area contributed by atoms with Gasteiger partial charge in [-0.2, -0.15) is 0 Å². The van der Waals surface area contributed by atoms with Gasteiger partial charge in [0.05, 0.1) is 24.0 Å². The van der Waals surface area contributed by atoms with Crippen LogP contribution in [-0.4, -0.2) is 25.2 Å². The Bertz CT molecular complexity index is 1250. The number of H-pyrrole nitrogens is 1. The van der Waals surface area contributed by atoms with Gasteiger partial charge in [-0.25, -0.2) is 4.79 Å². The van der Waals surface area contributed by atoms with Crippen LogP contribution in [0.5, 0.6) is 0 Å². The van der Waals surface area contributed by atoms with Crippen LogP contribution >= 0.6 is 0 Å². The van der Waals surface area contributed by atoms with E-state index in [1.54, 1.807) is 9.13 Å². The minimum Gasteiger partial charge on any atom is -0.481 e. The summed E-state index contributed by atoms with van der Waals surface area (Å²) < 4.78 is 3.43. The maximum atomic E-state index is 13.5. The number of aliphatic carboxylic acids is 1. The number of aromatic nitrogens is 3. The van der Waals surface area contributed by atoms with Crippen LogP contribution in [0.4, 0.5) is 0 Å². The molecule has 0 fully saturated rings. The highest BCUT2D eigenvalue weighted by Gasteiger charge is 2.22. The SMILES string of the molecule is CCCC(CC(=O)O)n1c(=O)n(Cc2c[nH]c3cccc(C)c23)c2ccccc21. The van der Waals surface area contributed by atoms with E-state index in [4.69, 9.17) is 0 Å². The van der Waals surface area contributed by atoms with Crippen molar-refractivity contribution in [1.29, 1.82) is 0 Å². The van der Waals surface area contributed by atoms with Crippen molar-refractivity contribution in [1.82, 2.24) is 14.1 Å². The molecule has 2 aromatic heterocycles. The fourth-order valence-electron chi connectivity index (χ4n) is 4.34. The van der Waals surface area contributed by atoms with Crippen molar-refractivity contribution in [2.24, 2.45) is 0 Å². The van der Waals surface area contributed by atoms with E-state index in [2.05, 4.69) is 18.0 Å². The average Bonchev–Trinajstić information content (AvgIpc) is 3.22. The van der Waals surface area contributed by atoms with E-state index in [0.29, 0.717) is 13.0 Å². The van der Waals surface area contributed by atoms with Gasteiger partial charge in [-0.05, 0) is 42.7 Å². The van der Waals surface area contributed by atoms with Gasteiger partial charge in [0.2, 0.25) is 0 Å². The van der Waals surface area contributed by atoms with E-state index in [0.717, 1.165) is 39.5 Å². The molecule has 2 N–H and O–H groups in total.